The third kappa shape index (κ3) is 1.97. The number of carbonyl (C=O) groups excluding carboxylic acids is 1. The fourth-order valence-corrected chi connectivity index (χ4v) is 2.39. The summed E-state index contributed by atoms with van der Waals surface area (Å²) >= 11 is 0. The predicted molar refractivity (Wildman–Crippen MR) is 68.3 cm³/mol. The summed E-state index contributed by atoms with van der Waals surface area (Å²) in [4.78, 5) is 24.8. The molecule has 1 heterocycles. The average molecular weight is 277 g/mol. The number of amides is 1. The molecule has 0 radical (unpaired) electrons. The fourth-order valence-electron chi connectivity index (χ4n) is 2.39. The third-order valence-electron chi connectivity index (χ3n) is 3.77. The van der Waals surface area contributed by atoms with E-state index in [-0.39, 0.29) is 12.7 Å². The molecular weight excluding hydrogens is 262 g/mol. The van der Waals surface area contributed by atoms with Crippen molar-refractivity contribution in [3.8, 4) is 11.5 Å². The molecule has 1 fully saturated rings. The normalized spacial score (nSPS) is 17.6. The van der Waals surface area contributed by atoms with E-state index in [9.17, 15) is 9.59 Å². The Kier molecular flexibility index (Phi) is 2.81. The number of carbonyl (C=O) groups is 2. The molecule has 1 aromatic carbocycles. The van der Waals surface area contributed by atoms with Gasteiger partial charge in [0.1, 0.15) is 5.41 Å². The Bertz CT molecular complexity index is 579. The smallest absolute Gasteiger partial charge is 0.319 e. The second-order valence-corrected chi connectivity index (χ2v) is 5.24. The molecule has 1 saturated carbocycles. The lowest BCUT2D eigenvalue weighted by molar-refractivity contribution is -0.153. The second kappa shape index (κ2) is 4.40. The molecule has 6 heteroatoms. The van der Waals surface area contributed by atoms with Gasteiger partial charge >= 0.3 is 5.97 Å². The van der Waals surface area contributed by atoms with Crippen molar-refractivity contribution in [3.63, 3.8) is 0 Å². The highest BCUT2D eigenvalue weighted by Gasteiger charge is 2.58. The van der Waals surface area contributed by atoms with E-state index in [0.29, 0.717) is 30.9 Å². The van der Waals surface area contributed by atoms with E-state index in [1.807, 2.05) is 12.1 Å². The Hall–Kier alpha value is -2.24. The number of aliphatic carboxylic acids is 1. The van der Waals surface area contributed by atoms with Gasteiger partial charge in [0.15, 0.2) is 11.5 Å². The zero-order valence-corrected chi connectivity index (χ0v) is 11.1. The maximum Gasteiger partial charge on any atom is 0.319 e. The van der Waals surface area contributed by atoms with Crippen molar-refractivity contribution in [1.82, 2.24) is 4.90 Å². The van der Waals surface area contributed by atoms with Crippen LogP contribution in [0.2, 0.25) is 0 Å². The summed E-state index contributed by atoms with van der Waals surface area (Å²) in [6.45, 7) is 0.556. The van der Waals surface area contributed by atoms with Gasteiger partial charge in [-0.15, -0.1) is 0 Å². The predicted octanol–water partition coefficient (Wildman–Crippen LogP) is 1.24. The molecule has 0 bridgehead atoms. The third-order valence-corrected chi connectivity index (χ3v) is 3.77. The van der Waals surface area contributed by atoms with Gasteiger partial charge in [0.25, 0.3) is 0 Å². The van der Waals surface area contributed by atoms with Crippen LogP contribution in [0.4, 0.5) is 0 Å². The van der Waals surface area contributed by atoms with Crippen LogP contribution < -0.4 is 9.47 Å². The van der Waals surface area contributed by atoms with E-state index < -0.39 is 11.4 Å². The minimum absolute atomic E-state index is 0.204. The first-order valence-electron chi connectivity index (χ1n) is 6.40. The highest BCUT2D eigenvalue weighted by Crippen LogP contribution is 2.47. The molecule has 0 atom stereocenters. The first-order chi connectivity index (χ1) is 9.53. The molecule has 1 aliphatic carbocycles. The Morgan fingerprint density at radius 3 is 2.65 bits per heavy atom. The fraction of sp³-hybridized carbons (Fsp3) is 0.429. The Morgan fingerprint density at radius 2 is 2.00 bits per heavy atom. The second-order valence-electron chi connectivity index (χ2n) is 5.24. The van der Waals surface area contributed by atoms with Crippen molar-refractivity contribution in [2.24, 2.45) is 5.41 Å². The number of nitrogens with zero attached hydrogens (tertiary/aromatic N) is 1. The summed E-state index contributed by atoms with van der Waals surface area (Å²) in [6, 6.07) is 5.45. The topological polar surface area (TPSA) is 76.1 Å². The van der Waals surface area contributed by atoms with Crippen LogP contribution in [0, 0.1) is 5.41 Å². The highest BCUT2D eigenvalue weighted by atomic mass is 16.7. The Balaban J connectivity index is 1.72. The summed E-state index contributed by atoms with van der Waals surface area (Å²) in [7, 11) is 1.62. The lowest BCUT2D eigenvalue weighted by Crippen LogP contribution is -2.38. The summed E-state index contributed by atoms with van der Waals surface area (Å²) in [5.74, 6) is -0.0163. The first-order valence-corrected chi connectivity index (χ1v) is 6.40. The molecule has 3 rings (SSSR count). The van der Waals surface area contributed by atoms with E-state index in [2.05, 4.69) is 0 Å². The van der Waals surface area contributed by atoms with E-state index in [1.54, 1.807) is 13.1 Å². The van der Waals surface area contributed by atoms with Gasteiger partial charge in [-0.2, -0.15) is 0 Å². The zero-order valence-electron chi connectivity index (χ0n) is 11.1. The Morgan fingerprint density at radius 1 is 1.30 bits per heavy atom. The number of hydrogen-bond donors (Lipinski definition) is 1. The largest absolute Gasteiger partial charge is 0.480 e. The number of carboxylic acid groups (broad SMARTS) is 1. The van der Waals surface area contributed by atoms with Crippen molar-refractivity contribution in [2.75, 3.05) is 13.8 Å². The van der Waals surface area contributed by atoms with E-state index in [0.717, 1.165) is 5.56 Å². The minimum Gasteiger partial charge on any atom is -0.480 e. The Labute approximate surface area is 115 Å². The number of fused-ring (bicyclic) bond motifs is 1. The highest BCUT2D eigenvalue weighted by molar-refractivity contribution is 6.04. The van der Waals surface area contributed by atoms with Crippen molar-refractivity contribution in [3.05, 3.63) is 23.8 Å². The molecule has 0 saturated heterocycles. The van der Waals surface area contributed by atoms with E-state index in [1.165, 1.54) is 4.90 Å². The van der Waals surface area contributed by atoms with Crippen LogP contribution in [0.15, 0.2) is 18.2 Å². The number of hydrogen-bond acceptors (Lipinski definition) is 4. The summed E-state index contributed by atoms with van der Waals surface area (Å²) in [6.07, 6.45) is 0.847. The monoisotopic (exact) mass is 277 g/mol. The SMILES string of the molecule is CN(Cc1ccc2c(c1)OCO2)C(=O)C1(C(=O)O)CC1. The van der Waals surface area contributed by atoms with Gasteiger partial charge in [-0.3, -0.25) is 9.59 Å². The number of benzene rings is 1. The van der Waals surface area contributed by atoms with Crippen molar-refractivity contribution in [1.29, 1.82) is 0 Å². The van der Waals surface area contributed by atoms with Crippen LogP contribution >= 0.6 is 0 Å². The zero-order chi connectivity index (χ0) is 14.3. The maximum absolute atomic E-state index is 12.2. The van der Waals surface area contributed by atoms with Crippen molar-refractivity contribution in [2.45, 2.75) is 19.4 Å². The lowest BCUT2D eigenvalue weighted by Gasteiger charge is -2.21. The van der Waals surface area contributed by atoms with Crippen LogP contribution in [0.25, 0.3) is 0 Å². The van der Waals surface area contributed by atoms with Gasteiger partial charge in [0.2, 0.25) is 12.7 Å². The molecule has 106 valence electrons. The molecule has 0 aromatic heterocycles. The number of carboxylic acids is 1. The molecule has 1 amide bonds. The standard InChI is InChI=1S/C14H15NO5/c1-15(12(16)14(4-5-14)13(17)18)7-9-2-3-10-11(6-9)20-8-19-10/h2-3,6H,4-5,7-8H2,1H3,(H,17,18). The molecule has 2 aliphatic rings. The van der Waals surface area contributed by atoms with Crippen LogP contribution in [0.1, 0.15) is 18.4 Å². The van der Waals surface area contributed by atoms with Crippen LogP contribution in [0.3, 0.4) is 0 Å². The number of ether oxygens (including phenoxy) is 2. The maximum atomic E-state index is 12.2. The molecule has 20 heavy (non-hydrogen) atoms. The van der Waals surface area contributed by atoms with Crippen LogP contribution in [0.5, 0.6) is 11.5 Å². The molecule has 6 nitrogen and oxygen atoms in total. The lowest BCUT2D eigenvalue weighted by atomic mass is 10.1. The summed E-state index contributed by atoms with van der Waals surface area (Å²) < 4.78 is 10.5. The van der Waals surface area contributed by atoms with Crippen molar-refractivity contribution >= 4 is 11.9 Å². The van der Waals surface area contributed by atoms with E-state index >= 15 is 0 Å². The van der Waals surface area contributed by atoms with Gasteiger partial charge in [-0.25, -0.2) is 0 Å². The average Bonchev–Trinajstić information content (AvgIpc) is 3.11. The number of rotatable bonds is 4. The molecule has 1 aromatic rings. The minimum atomic E-state index is -1.19. The van der Waals surface area contributed by atoms with Gasteiger partial charge in [0, 0.05) is 13.6 Å². The molecular formula is C14H15NO5. The summed E-state index contributed by atoms with van der Waals surface area (Å²) in [5.41, 5.74) is -0.309. The van der Waals surface area contributed by atoms with Crippen molar-refractivity contribution < 1.29 is 24.2 Å². The molecule has 0 unspecified atom stereocenters. The first kappa shape index (κ1) is 12.8. The quantitative estimate of drug-likeness (QED) is 0.838. The van der Waals surface area contributed by atoms with E-state index in [4.69, 9.17) is 14.6 Å². The molecule has 0 spiro atoms. The molecule has 1 aliphatic heterocycles. The van der Waals surface area contributed by atoms with Gasteiger partial charge < -0.3 is 19.5 Å². The van der Waals surface area contributed by atoms with Crippen LogP contribution in [-0.4, -0.2) is 35.7 Å². The van der Waals surface area contributed by atoms with Crippen LogP contribution in [-0.2, 0) is 16.1 Å². The van der Waals surface area contributed by atoms with Gasteiger partial charge in [-0.05, 0) is 30.5 Å². The summed E-state index contributed by atoms with van der Waals surface area (Å²) in [5, 5.41) is 9.13. The van der Waals surface area contributed by atoms with Gasteiger partial charge in [-0.1, -0.05) is 6.07 Å². The molecule has 1 N–H and O–H groups in total. The van der Waals surface area contributed by atoms with Gasteiger partial charge in [0.05, 0.1) is 0 Å².